The highest BCUT2D eigenvalue weighted by Gasteiger charge is 2.13. The first-order chi connectivity index (χ1) is 8.22. The monoisotopic (exact) mass is 276 g/mol. The molecule has 0 aliphatic carbocycles. The fraction of sp³-hybridized carbons (Fsp3) is 0.636. The van der Waals surface area contributed by atoms with Crippen LogP contribution in [0.2, 0.25) is 0 Å². The van der Waals surface area contributed by atoms with Gasteiger partial charge in [0.05, 0.1) is 12.5 Å². The van der Waals surface area contributed by atoms with E-state index >= 15 is 0 Å². The molecule has 0 aromatic carbocycles. The molecule has 0 aliphatic heterocycles. The van der Waals surface area contributed by atoms with Crippen LogP contribution in [0.3, 0.4) is 0 Å². The smallest absolute Gasteiger partial charge is 0.196 e. The second-order valence-corrected chi connectivity index (χ2v) is 4.45. The van der Waals surface area contributed by atoms with Gasteiger partial charge < -0.3 is 9.64 Å². The molecule has 6 heteroatoms. The molecule has 0 spiro atoms. The molecular formula is C11H17ClN2O2S. The molecule has 1 rings (SSSR count). The van der Waals surface area contributed by atoms with Gasteiger partial charge in [0.2, 0.25) is 0 Å². The number of hydrogen-bond donors (Lipinski definition) is 0. The van der Waals surface area contributed by atoms with Gasteiger partial charge in [-0.3, -0.25) is 4.79 Å². The molecule has 0 unspecified atom stereocenters. The molecule has 0 atom stereocenters. The Hall–Kier alpha value is -0.650. The lowest BCUT2D eigenvalue weighted by molar-refractivity contribution is 0.101. The molecule has 0 radical (unpaired) electrons. The summed E-state index contributed by atoms with van der Waals surface area (Å²) in [5.74, 6) is -0.149. The summed E-state index contributed by atoms with van der Waals surface area (Å²) in [6.45, 7) is 7.03. The molecule has 96 valence electrons. The van der Waals surface area contributed by atoms with E-state index in [2.05, 4.69) is 16.8 Å². The number of ketones is 1. The van der Waals surface area contributed by atoms with Gasteiger partial charge in [-0.15, -0.1) is 22.9 Å². The zero-order valence-corrected chi connectivity index (χ0v) is 11.7. The van der Waals surface area contributed by atoms with Crippen molar-refractivity contribution in [3.8, 4) is 0 Å². The van der Waals surface area contributed by atoms with E-state index in [4.69, 9.17) is 16.3 Å². The Morgan fingerprint density at radius 2 is 2.35 bits per heavy atom. The quantitative estimate of drug-likeness (QED) is 0.415. The molecule has 0 saturated carbocycles. The molecule has 17 heavy (non-hydrogen) atoms. The summed E-state index contributed by atoms with van der Waals surface area (Å²) in [5, 5.41) is 2.60. The number of anilines is 1. The third-order valence-electron chi connectivity index (χ3n) is 2.26. The van der Waals surface area contributed by atoms with Gasteiger partial charge in [-0.2, -0.15) is 0 Å². The first-order valence-corrected chi connectivity index (χ1v) is 7.01. The number of halogens is 1. The average Bonchev–Trinajstić information content (AvgIpc) is 2.83. The highest BCUT2D eigenvalue weighted by atomic mass is 35.5. The number of rotatable bonds is 8. The molecule has 1 aromatic rings. The minimum absolute atomic E-state index is 0.0196. The van der Waals surface area contributed by atoms with E-state index in [1.165, 1.54) is 11.3 Å². The number of likely N-dealkylation sites (N-methyl/N-ethyl adjacent to an activating group) is 1. The van der Waals surface area contributed by atoms with Crippen LogP contribution in [0, 0.1) is 0 Å². The van der Waals surface area contributed by atoms with E-state index in [-0.39, 0.29) is 11.7 Å². The Balaban J connectivity index is 2.62. The van der Waals surface area contributed by atoms with Crippen molar-refractivity contribution in [2.24, 2.45) is 0 Å². The molecule has 0 saturated heterocycles. The van der Waals surface area contributed by atoms with Crippen molar-refractivity contribution in [3.63, 3.8) is 0 Å². The van der Waals surface area contributed by atoms with Crippen LogP contribution in [0.1, 0.15) is 24.3 Å². The minimum atomic E-state index is -0.130. The van der Waals surface area contributed by atoms with Crippen LogP contribution < -0.4 is 4.90 Å². The number of aromatic nitrogens is 1. The summed E-state index contributed by atoms with van der Waals surface area (Å²) in [5.41, 5.74) is 0.454. The molecule has 0 fully saturated rings. The van der Waals surface area contributed by atoms with Crippen molar-refractivity contribution in [1.82, 2.24) is 4.98 Å². The number of thiazole rings is 1. The summed E-state index contributed by atoms with van der Waals surface area (Å²) in [6.07, 6.45) is 0. The number of alkyl halides is 1. The van der Waals surface area contributed by atoms with E-state index in [0.717, 1.165) is 18.2 Å². The summed E-state index contributed by atoms with van der Waals surface area (Å²) >= 11 is 6.96. The topological polar surface area (TPSA) is 42.4 Å². The Bertz CT molecular complexity index is 357. The summed E-state index contributed by atoms with van der Waals surface area (Å²) < 4.78 is 5.31. The van der Waals surface area contributed by atoms with E-state index in [1.54, 1.807) is 5.38 Å². The number of carbonyl (C=O) groups is 1. The van der Waals surface area contributed by atoms with Crippen molar-refractivity contribution in [2.45, 2.75) is 13.8 Å². The maximum Gasteiger partial charge on any atom is 0.196 e. The van der Waals surface area contributed by atoms with Gasteiger partial charge in [-0.05, 0) is 13.8 Å². The van der Waals surface area contributed by atoms with Crippen LogP contribution in [0.25, 0.3) is 0 Å². The lowest BCUT2D eigenvalue weighted by atomic mass is 10.3. The third-order valence-corrected chi connectivity index (χ3v) is 3.41. The number of ether oxygens (including phenoxy) is 1. The highest BCUT2D eigenvalue weighted by Crippen LogP contribution is 2.20. The van der Waals surface area contributed by atoms with Crippen molar-refractivity contribution < 1.29 is 9.53 Å². The first-order valence-electron chi connectivity index (χ1n) is 5.60. The SMILES string of the molecule is CCOCCN(CC)c1nc(C(=O)CCl)cs1. The predicted octanol–water partition coefficient (Wildman–Crippen LogP) is 2.43. The number of Topliss-reactive ketones (excluding diaryl/α,β-unsaturated/α-hetero) is 1. The van der Waals surface area contributed by atoms with Gasteiger partial charge in [-0.1, -0.05) is 0 Å². The molecule has 1 aromatic heterocycles. The van der Waals surface area contributed by atoms with Crippen molar-refractivity contribution >= 4 is 33.9 Å². The van der Waals surface area contributed by atoms with Crippen molar-refractivity contribution in [3.05, 3.63) is 11.1 Å². The lowest BCUT2D eigenvalue weighted by Crippen LogP contribution is -2.27. The Morgan fingerprint density at radius 3 is 2.94 bits per heavy atom. The normalized spacial score (nSPS) is 10.5. The largest absolute Gasteiger partial charge is 0.380 e. The highest BCUT2D eigenvalue weighted by molar-refractivity contribution is 7.14. The first kappa shape index (κ1) is 14.4. The average molecular weight is 277 g/mol. The van der Waals surface area contributed by atoms with Crippen LogP contribution in [0.5, 0.6) is 0 Å². The second kappa shape index (κ2) is 7.63. The fourth-order valence-electron chi connectivity index (χ4n) is 1.31. The van der Waals surface area contributed by atoms with Gasteiger partial charge in [0.15, 0.2) is 10.9 Å². The van der Waals surface area contributed by atoms with Gasteiger partial charge in [0.1, 0.15) is 5.69 Å². The molecule has 1 heterocycles. The maximum atomic E-state index is 11.4. The standard InChI is InChI=1S/C11H17ClN2O2S/c1-3-14(5-6-16-4-2)11-13-9(8-17-11)10(15)7-12/h8H,3-7H2,1-2H3. The Labute approximate surface area is 111 Å². The van der Waals surface area contributed by atoms with Gasteiger partial charge in [0.25, 0.3) is 0 Å². The van der Waals surface area contributed by atoms with E-state index in [0.29, 0.717) is 18.9 Å². The summed E-state index contributed by atoms with van der Waals surface area (Å²) in [6, 6.07) is 0. The molecule has 0 N–H and O–H groups in total. The number of carbonyl (C=O) groups excluding carboxylic acids is 1. The summed E-state index contributed by atoms with van der Waals surface area (Å²) in [4.78, 5) is 17.7. The predicted molar refractivity (Wildman–Crippen MR) is 71.5 cm³/mol. The van der Waals surface area contributed by atoms with E-state index < -0.39 is 0 Å². The van der Waals surface area contributed by atoms with Crippen LogP contribution >= 0.6 is 22.9 Å². The van der Waals surface area contributed by atoms with Crippen LogP contribution in [-0.2, 0) is 4.74 Å². The second-order valence-electron chi connectivity index (χ2n) is 3.35. The Kier molecular flexibility index (Phi) is 6.47. The van der Waals surface area contributed by atoms with Crippen molar-refractivity contribution in [2.75, 3.05) is 37.1 Å². The van der Waals surface area contributed by atoms with E-state index in [1.807, 2.05) is 6.92 Å². The van der Waals surface area contributed by atoms with Gasteiger partial charge in [0, 0.05) is 25.1 Å². The fourth-order valence-corrected chi connectivity index (χ4v) is 2.37. The number of hydrogen-bond acceptors (Lipinski definition) is 5. The lowest BCUT2D eigenvalue weighted by Gasteiger charge is -2.19. The van der Waals surface area contributed by atoms with Gasteiger partial charge >= 0.3 is 0 Å². The van der Waals surface area contributed by atoms with Crippen LogP contribution in [0.4, 0.5) is 5.13 Å². The molecule has 4 nitrogen and oxygen atoms in total. The Morgan fingerprint density at radius 1 is 1.59 bits per heavy atom. The third kappa shape index (κ3) is 4.26. The van der Waals surface area contributed by atoms with Crippen LogP contribution in [0.15, 0.2) is 5.38 Å². The molecule has 0 bridgehead atoms. The zero-order chi connectivity index (χ0) is 12.7. The van der Waals surface area contributed by atoms with Gasteiger partial charge in [-0.25, -0.2) is 4.98 Å². The number of nitrogens with zero attached hydrogens (tertiary/aromatic N) is 2. The molecular weight excluding hydrogens is 260 g/mol. The maximum absolute atomic E-state index is 11.4. The van der Waals surface area contributed by atoms with Crippen molar-refractivity contribution in [1.29, 1.82) is 0 Å². The summed E-state index contributed by atoms with van der Waals surface area (Å²) in [7, 11) is 0. The molecule has 0 amide bonds. The van der Waals surface area contributed by atoms with Crippen LogP contribution in [-0.4, -0.2) is 43.0 Å². The molecule has 0 aliphatic rings. The van der Waals surface area contributed by atoms with E-state index in [9.17, 15) is 4.79 Å². The zero-order valence-electron chi connectivity index (χ0n) is 10.1. The minimum Gasteiger partial charge on any atom is -0.380 e.